The maximum atomic E-state index is 12.4. The molecule has 0 spiro atoms. The Morgan fingerprint density at radius 3 is 2.55 bits per heavy atom. The average Bonchev–Trinajstić information content (AvgIpc) is 3.18. The Kier molecular flexibility index (Phi) is 8.07. The van der Waals surface area contributed by atoms with Gasteiger partial charge in [-0.25, -0.2) is 0 Å². The van der Waals surface area contributed by atoms with Gasteiger partial charge in [-0.2, -0.15) is 0 Å². The number of anilines is 1. The summed E-state index contributed by atoms with van der Waals surface area (Å²) < 4.78 is 7.72. The van der Waals surface area contributed by atoms with Crippen LogP contribution in [0.5, 0.6) is 5.75 Å². The van der Waals surface area contributed by atoms with Crippen molar-refractivity contribution in [3.05, 3.63) is 64.4 Å². The normalized spacial score (nSPS) is 10.5. The number of aromatic nitrogens is 3. The van der Waals surface area contributed by atoms with Gasteiger partial charge in [-0.15, -0.1) is 10.2 Å². The standard InChI is InChI=1S/C21H22BrN5O3S/c1-3-27-18(12-23-20(29)16-6-4-5-7-17(16)22)25-26-21(27)31-13-19(28)24-14-8-10-15(30-2)11-9-14/h4-11H,3,12-13H2,1-2H3,(H,23,29)(H,24,28). The Morgan fingerprint density at radius 1 is 1.13 bits per heavy atom. The SMILES string of the molecule is CCn1c(CNC(=O)c2ccccc2Br)nnc1SCC(=O)Nc1ccc(OC)cc1. The van der Waals surface area contributed by atoms with Crippen molar-refractivity contribution in [1.82, 2.24) is 20.1 Å². The highest BCUT2D eigenvalue weighted by atomic mass is 79.9. The van der Waals surface area contributed by atoms with Crippen LogP contribution in [-0.2, 0) is 17.9 Å². The zero-order valence-corrected chi connectivity index (χ0v) is 19.5. The van der Waals surface area contributed by atoms with Crippen LogP contribution in [0.1, 0.15) is 23.1 Å². The molecule has 0 aliphatic rings. The van der Waals surface area contributed by atoms with E-state index in [2.05, 4.69) is 36.8 Å². The van der Waals surface area contributed by atoms with Crippen LogP contribution >= 0.6 is 27.7 Å². The summed E-state index contributed by atoms with van der Waals surface area (Å²) >= 11 is 4.67. The van der Waals surface area contributed by atoms with E-state index in [9.17, 15) is 9.59 Å². The van der Waals surface area contributed by atoms with E-state index >= 15 is 0 Å². The van der Waals surface area contributed by atoms with Crippen LogP contribution in [0.25, 0.3) is 0 Å². The van der Waals surface area contributed by atoms with Crippen molar-refractivity contribution in [1.29, 1.82) is 0 Å². The van der Waals surface area contributed by atoms with E-state index < -0.39 is 0 Å². The third-order valence-electron chi connectivity index (χ3n) is 4.34. The third-order valence-corrected chi connectivity index (χ3v) is 6.00. The van der Waals surface area contributed by atoms with Gasteiger partial charge in [-0.05, 0) is 59.3 Å². The van der Waals surface area contributed by atoms with Crippen molar-refractivity contribution in [2.45, 2.75) is 25.2 Å². The number of hydrogen-bond donors (Lipinski definition) is 2. The summed E-state index contributed by atoms with van der Waals surface area (Å²) in [7, 11) is 1.59. The molecule has 0 aliphatic carbocycles. The predicted octanol–water partition coefficient (Wildman–Crippen LogP) is 3.73. The second-order valence-corrected chi connectivity index (χ2v) is 8.17. The molecule has 1 aromatic heterocycles. The molecule has 2 aromatic carbocycles. The number of carbonyl (C=O) groups excluding carboxylic acids is 2. The highest BCUT2D eigenvalue weighted by Gasteiger charge is 2.15. The molecule has 0 saturated carbocycles. The van der Waals surface area contributed by atoms with E-state index in [1.165, 1.54) is 11.8 Å². The van der Waals surface area contributed by atoms with Crippen LogP contribution in [-0.4, -0.2) is 39.4 Å². The lowest BCUT2D eigenvalue weighted by atomic mass is 10.2. The molecule has 31 heavy (non-hydrogen) atoms. The van der Waals surface area contributed by atoms with E-state index in [0.717, 1.165) is 10.2 Å². The number of rotatable bonds is 9. The van der Waals surface area contributed by atoms with Gasteiger partial charge in [0, 0.05) is 16.7 Å². The van der Waals surface area contributed by atoms with Crippen LogP contribution < -0.4 is 15.4 Å². The van der Waals surface area contributed by atoms with E-state index in [1.54, 1.807) is 43.5 Å². The molecule has 2 amide bonds. The summed E-state index contributed by atoms with van der Waals surface area (Å²) in [5.41, 5.74) is 1.24. The molecule has 10 heteroatoms. The van der Waals surface area contributed by atoms with Crippen molar-refractivity contribution in [3.8, 4) is 5.75 Å². The van der Waals surface area contributed by atoms with Crippen LogP contribution in [0.2, 0.25) is 0 Å². The zero-order chi connectivity index (χ0) is 22.2. The molecule has 0 fully saturated rings. The van der Waals surface area contributed by atoms with Crippen molar-refractivity contribution in [2.24, 2.45) is 0 Å². The van der Waals surface area contributed by atoms with Crippen LogP contribution in [0.4, 0.5) is 5.69 Å². The van der Waals surface area contributed by atoms with E-state index in [0.29, 0.717) is 28.8 Å². The van der Waals surface area contributed by atoms with Gasteiger partial charge in [-0.3, -0.25) is 9.59 Å². The summed E-state index contributed by atoms with van der Waals surface area (Å²) in [4.78, 5) is 24.7. The fourth-order valence-corrected chi connectivity index (χ4v) is 4.06. The molecule has 0 bridgehead atoms. The Bertz CT molecular complexity index is 1060. The third kappa shape index (κ3) is 6.08. The summed E-state index contributed by atoms with van der Waals surface area (Å²) in [6, 6.07) is 14.3. The van der Waals surface area contributed by atoms with Gasteiger partial charge < -0.3 is 19.9 Å². The van der Waals surface area contributed by atoms with Gasteiger partial charge in [-0.1, -0.05) is 23.9 Å². The number of amides is 2. The number of halogens is 1. The first-order valence-electron chi connectivity index (χ1n) is 9.53. The predicted molar refractivity (Wildman–Crippen MR) is 123 cm³/mol. The summed E-state index contributed by atoms with van der Waals surface area (Å²) in [6.45, 7) is 2.82. The van der Waals surface area contributed by atoms with Gasteiger partial charge in [0.15, 0.2) is 11.0 Å². The molecule has 8 nitrogen and oxygen atoms in total. The van der Waals surface area contributed by atoms with Gasteiger partial charge in [0.1, 0.15) is 5.75 Å². The number of carbonyl (C=O) groups is 2. The topological polar surface area (TPSA) is 98.1 Å². The molecule has 0 saturated heterocycles. The maximum absolute atomic E-state index is 12.4. The molecule has 0 radical (unpaired) electrons. The Hall–Kier alpha value is -2.85. The minimum absolute atomic E-state index is 0.149. The molecular formula is C21H22BrN5O3S. The van der Waals surface area contributed by atoms with Crippen molar-refractivity contribution in [3.63, 3.8) is 0 Å². The lowest BCUT2D eigenvalue weighted by Crippen LogP contribution is -2.25. The molecule has 1 heterocycles. The summed E-state index contributed by atoms with van der Waals surface area (Å²) in [5.74, 6) is 1.19. The van der Waals surface area contributed by atoms with E-state index in [-0.39, 0.29) is 24.1 Å². The van der Waals surface area contributed by atoms with Crippen molar-refractivity contribution < 1.29 is 14.3 Å². The Labute approximate surface area is 192 Å². The Morgan fingerprint density at radius 2 is 1.87 bits per heavy atom. The van der Waals surface area contributed by atoms with Gasteiger partial charge in [0.25, 0.3) is 5.91 Å². The number of nitrogens with zero attached hydrogens (tertiary/aromatic N) is 3. The van der Waals surface area contributed by atoms with Crippen molar-refractivity contribution in [2.75, 3.05) is 18.2 Å². The largest absolute Gasteiger partial charge is 0.497 e. The average molecular weight is 504 g/mol. The number of nitrogens with one attached hydrogen (secondary N) is 2. The first-order valence-corrected chi connectivity index (χ1v) is 11.3. The molecular weight excluding hydrogens is 482 g/mol. The number of hydrogen-bond acceptors (Lipinski definition) is 6. The van der Waals surface area contributed by atoms with Gasteiger partial charge in [0.05, 0.1) is 25.0 Å². The monoisotopic (exact) mass is 503 g/mol. The minimum Gasteiger partial charge on any atom is -0.497 e. The second-order valence-electron chi connectivity index (χ2n) is 6.37. The fourth-order valence-electron chi connectivity index (χ4n) is 2.78. The first kappa shape index (κ1) is 22.8. The number of thioether (sulfide) groups is 1. The van der Waals surface area contributed by atoms with E-state index in [1.807, 2.05) is 23.6 Å². The summed E-state index contributed by atoms with van der Waals surface area (Å²) in [5, 5.41) is 14.7. The number of benzene rings is 2. The first-order chi connectivity index (χ1) is 15.0. The van der Waals surface area contributed by atoms with Gasteiger partial charge in [0.2, 0.25) is 5.91 Å². The molecule has 0 aliphatic heterocycles. The zero-order valence-electron chi connectivity index (χ0n) is 17.1. The molecule has 0 unspecified atom stereocenters. The van der Waals surface area contributed by atoms with Crippen LogP contribution in [0.15, 0.2) is 58.2 Å². The fraction of sp³-hybridized carbons (Fsp3) is 0.238. The molecule has 162 valence electrons. The van der Waals surface area contributed by atoms with E-state index in [4.69, 9.17) is 4.74 Å². The lowest BCUT2D eigenvalue weighted by Gasteiger charge is -2.09. The van der Waals surface area contributed by atoms with Gasteiger partial charge >= 0.3 is 0 Å². The van der Waals surface area contributed by atoms with Crippen LogP contribution in [0.3, 0.4) is 0 Å². The van der Waals surface area contributed by atoms with Crippen molar-refractivity contribution >= 4 is 45.2 Å². The molecule has 3 rings (SSSR count). The quantitative estimate of drug-likeness (QED) is 0.431. The molecule has 0 atom stereocenters. The number of ether oxygens (including phenoxy) is 1. The second kappa shape index (κ2) is 11.0. The molecule has 2 N–H and O–H groups in total. The highest BCUT2D eigenvalue weighted by molar-refractivity contribution is 9.10. The minimum atomic E-state index is -0.203. The maximum Gasteiger partial charge on any atom is 0.252 e. The lowest BCUT2D eigenvalue weighted by molar-refractivity contribution is -0.113. The number of methoxy groups -OCH3 is 1. The van der Waals surface area contributed by atoms with Crippen LogP contribution in [0, 0.1) is 0 Å². The Balaban J connectivity index is 1.56. The summed E-state index contributed by atoms with van der Waals surface area (Å²) in [6.07, 6.45) is 0. The molecule has 3 aromatic rings. The highest BCUT2D eigenvalue weighted by Crippen LogP contribution is 2.20. The smallest absolute Gasteiger partial charge is 0.252 e.